The summed E-state index contributed by atoms with van der Waals surface area (Å²) in [5, 5.41) is 2.52. The van der Waals surface area contributed by atoms with Crippen molar-refractivity contribution in [1.29, 1.82) is 0 Å². The largest absolute Gasteiger partial charge is 2.00 e. The van der Waals surface area contributed by atoms with Gasteiger partial charge in [-0.05, 0) is 16.3 Å². The molecule has 0 spiro atoms. The summed E-state index contributed by atoms with van der Waals surface area (Å²) in [6, 6.07) is 14.5. The molecule has 13 heavy (non-hydrogen) atoms. The molecular weight excluding hydrogens is 192 g/mol. The minimum atomic E-state index is 0. The minimum Gasteiger partial charge on any atom is -1.00 e. The van der Waals surface area contributed by atoms with Crippen LogP contribution in [0.4, 0.5) is 0 Å². The van der Waals surface area contributed by atoms with Crippen molar-refractivity contribution in [3.63, 3.8) is 0 Å². The molecule has 0 bridgehead atoms. The predicted molar refractivity (Wildman–Crippen MR) is 61.5 cm³/mol. The molecule has 0 saturated heterocycles. The Bertz CT molecular complexity index is 401. The molecule has 2 heteroatoms. The van der Waals surface area contributed by atoms with Gasteiger partial charge in [0.05, 0.1) is 0 Å². The maximum Gasteiger partial charge on any atom is 2.00 e. The fourth-order valence-corrected chi connectivity index (χ4v) is 1.64. The Morgan fingerprint density at radius 3 is 2.46 bits per heavy atom. The number of hydrogen-bond acceptors (Lipinski definition) is 0. The molecule has 0 unspecified atom stereocenters. The summed E-state index contributed by atoms with van der Waals surface area (Å²) in [5.41, 5.74) is 1.20. The van der Waals surface area contributed by atoms with E-state index in [1.807, 2.05) is 18.2 Å². The molecule has 2 rings (SSSR count). The van der Waals surface area contributed by atoms with Crippen LogP contribution in [0.15, 0.2) is 42.5 Å². The van der Waals surface area contributed by atoms with Gasteiger partial charge in [-0.25, -0.2) is 0 Å². The number of fused-ring (bicyclic) bond motifs is 1. The molecule has 64 valence electrons. The summed E-state index contributed by atoms with van der Waals surface area (Å²) in [4.78, 5) is 0. The summed E-state index contributed by atoms with van der Waals surface area (Å²) in [5.74, 6) is 0.585. The molecule has 0 aliphatic rings. The molecule has 0 aliphatic carbocycles. The second-order valence-electron chi connectivity index (χ2n) is 2.77. The zero-order valence-corrected chi connectivity index (χ0v) is 9.50. The number of hydrogen-bond donors (Lipinski definition) is 0. The van der Waals surface area contributed by atoms with Gasteiger partial charge in [-0.2, -0.15) is 0 Å². The third-order valence-corrected chi connectivity index (χ3v) is 2.31. The predicted octanol–water partition coefficient (Wildman–Crippen LogP) is 3.42. The smallest absolute Gasteiger partial charge is 1.00 e. The summed E-state index contributed by atoms with van der Waals surface area (Å²) in [7, 11) is 0. The molecule has 2 aromatic rings. The standard InChI is InChI=1S/C11H9Cl.Mg.2H/c12-8-10-6-3-5-9-4-1-2-7-11(9)10;;;/h1-7H,8H2;;;/q;+2;2*-1. The van der Waals surface area contributed by atoms with Crippen molar-refractivity contribution in [2.75, 3.05) is 0 Å². The van der Waals surface area contributed by atoms with E-state index >= 15 is 0 Å². The maximum absolute atomic E-state index is 5.81. The molecule has 0 fully saturated rings. The van der Waals surface area contributed by atoms with Crippen LogP contribution in [0.3, 0.4) is 0 Å². The summed E-state index contributed by atoms with van der Waals surface area (Å²) in [6.07, 6.45) is 0. The van der Waals surface area contributed by atoms with Crippen molar-refractivity contribution in [2.45, 2.75) is 5.88 Å². The van der Waals surface area contributed by atoms with E-state index in [1.54, 1.807) is 0 Å². The van der Waals surface area contributed by atoms with Gasteiger partial charge in [-0.3, -0.25) is 0 Å². The van der Waals surface area contributed by atoms with Crippen LogP contribution in [-0.2, 0) is 5.88 Å². The van der Waals surface area contributed by atoms with Crippen LogP contribution in [-0.4, -0.2) is 23.1 Å². The molecule has 0 aromatic heterocycles. The van der Waals surface area contributed by atoms with Gasteiger partial charge in [-0.15, -0.1) is 11.6 Å². The van der Waals surface area contributed by atoms with Crippen molar-refractivity contribution in [2.24, 2.45) is 0 Å². The Morgan fingerprint density at radius 1 is 1.00 bits per heavy atom. The van der Waals surface area contributed by atoms with Crippen LogP contribution in [0.2, 0.25) is 0 Å². The first-order valence-corrected chi connectivity index (χ1v) is 4.48. The van der Waals surface area contributed by atoms with E-state index in [0.717, 1.165) is 0 Å². The number of alkyl halides is 1. The van der Waals surface area contributed by atoms with Gasteiger partial charge in [0.15, 0.2) is 0 Å². The van der Waals surface area contributed by atoms with Gasteiger partial charge < -0.3 is 2.85 Å². The van der Waals surface area contributed by atoms with Crippen LogP contribution in [0, 0.1) is 0 Å². The van der Waals surface area contributed by atoms with Gasteiger partial charge in [-0.1, -0.05) is 42.5 Å². The monoisotopic (exact) mass is 202 g/mol. The molecular formula is C11H11ClMg. The first-order valence-electron chi connectivity index (χ1n) is 3.94. The van der Waals surface area contributed by atoms with Gasteiger partial charge >= 0.3 is 23.1 Å². The Morgan fingerprint density at radius 2 is 1.69 bits per heavy atom. The molecule has 0 nitrogen and oxygen atoms in total. The molecule has 0 saturated carbocycles. The summed E-state index contributed by atoms with van der Waals surface area (Å²) >= 11 is 5.81. The third-order valence-electron chi connectivity index (χ3n) is 2.02. The zero-order valence-electron chi connectivity index (χ0n) is 9.33. The van der Waals surface area contributed by atoms with Crippen LogP contribution in [0.1, 0.15) is 8.42 Å². The van der Waals surface area contributed by atoms with Crippen molar-refractivity contribution in [3.05, 3.63) is 48.0 Å². The molecule has 0 atom stereocenters. The second kappa shape index (κ2) is 4.84. The average Bonchev–Trinajstić information content (AvgIpc) is 2.17. The Kier molecular flexibility index (Phi) is 4.04. The molecule has 0 radical (unpaired) electrons. The van der Waals surface area contributed by atoms with Crippen LogP contribution >= 0.6 is 11.6 Å². The van der Waals surface area contributed by atoms with E-state index in [2.05, 4.69) is 24.3 Å². The molecule has 2 aromatic carbocycles. The van der Waals surface area contributed by atoms with Crippen molar-refractivity contribution >= 4 is 45.4 Å². The minimum absolute atomic E-state index is 0. The van der Waals surface area contributed by atoms with Gasteiger partial charge in [0, 0.05) is 5.88 Å². The second-order valence-corrected chi connectivity index (χ2v) is 3.04. The van der Waals surface area contributed by atoms with E-state index in [-0.39, 0.29) is 25.9 Å². The number of halogens is 1. The number of benzene rings is 2. The zero-order chi connectivity index (χ0) is 8.39. The summed E-state index contributed by atoms with van der Waals surface area (Å²) < 4.78 is 0. The van der Waals surface area contributed by atoms with Crippen molar-refractivity contribution in [3.8, 4) is 0 Å². The van der Waals surface area contributed by atoms with Gasteiger partial charge in [0.25, 0.3) is 0 Å². The van der Waals surface area contributed by atoms with Gasteiger partial charge in [0.1, 0.15) is 0 Å². The van der Waals surface area contributed by atoms with E-state index in [1.165, 1.54) is 16.3 Å². The SMILES string of the molecule is ClCc1cccc2ccccc12.[H-].[H-].[Mg+2]. The Balaban J connectivity index is 0. The Labute approximate surface area is 102 Å². The van der Waals surface area contributed by atoms with Crippen molar-refractivity contribution in [1.82, 2.24) is 0 Å². The molecule has 0 amide bonds. The average molecular weight is 203 g/mol. The molecule has 0 aliphatic heterocycles. The van der Waals surface area contributed by atoms with E-state index in [9.17, 15) is 0 Å². The molecule has 0 heterocycles. The fourth-order valence-electron chi connectivity index (χ4n) is 1.41. The van der Waals surface area contributed by atoms with Crippen LogP contribution in [0.25, 0.3) is 10.8 Å². The first kappa shape index (κ1) is 10.8. The fraction of sp³-hybridized carbons (Fsp3) is 0.0909. The Hall–Kier alpha value is -0.244. The normalized spacial score (nSPS) is 9.62. The van der Waals surface area contributed by atoms with Gasteiger partial charge in [0.2, 0.25) is 0 Å². The first-order chi connectivity index (χ1) is 5.92. The maximum atomic E-state index is 5.81. The van der Waals surface area contributed by atoms with E-state index < -0.39 is 0 Å². The van der Waals surface area contributed by atoms with Crippen LogP contribution < -0.4 is 0 Å². The van der Waals surface area contributed by atoms with E-state index in [4.69, 9.17) is 11.6 Å². The topological polar surface area (TPSA) is 0 Å². The van der Waals surface area contributed by atoms with Crippen molar-refractivity contribution < 1.29 is 2.85 Å². The quantitative estimate of drug-likeness (QED) is 0.491. The molecule has 0 N–H and O–H groups in total. The summed E-state index contributed by atoms with van der Waals surface area (Å²) in [6.45, 7) is 0. The van der Waals surface area contributed by atoms with E-state index in [0.29, 0.717) is 5.88 Å². The third kappa shape index (κ3) is 2.16. The van der Waals surface area contributed by atoms with Crippen LogP contribution in [0.5, 0.6) is 0 Å². The number of rotatable bonds is 1.